The number of carbonyl (C=O) groups is 1. The minimum absolute atomic E-state index is 0.0236. The quantitative estimate of drug-likeness (QED) is 0.923. The smallest absolute Gasteiger partial charge is 0.272 e. The molecule has 1 fully saturated rings. The largest absolute Gasteiger partial charge is 0.475 e. The van der Waals surface area contributed by atoms with Gasteiger partial charge in [0, 0.05) is 24.6 Å². The van der Waals surface area contributed by atoms with Gasteiger partial charge in [0.25, 0.3) is 5.91 Å². The highest BCUT2D eigenvalue weighted by molar-refractivity contribution is 5.92. The molecule has 1 unspecified atom stereocenters. The van der Waals surface area contributed by atoms with Crippen LogP contribution in [0.1, 0.15) is 44.1 Å². The normalized spacial score (nSPS) is 22.4. The van der Waals surface area contributed by atoms with Crippen molar-refractivity contribution in [2.24, 2.45) is 5.41 Å². The van der Waals surface area contributed by atoms with Gasteiger partial charge in [0.2, 0.25) is 5.88 Å². The predicted molar refractivity (Wildman–Crippen MR) is 80.3 cm³/mol. The zero-order valence-corrected chi connectivity index (χ0v) is 13.0. The van der Waals surface area contributed by atoms with Gasteiger partial charge < -0.3 is 14.7 Å². The molecule has 116 valence electrons. The van der Waals surface area contributed by atoms with Crippen LogP contribution in [0.4, 0.5) is 0 Å². The van der Waals surface area contributed by atoms with Crippen molar-refractivity contribution < 1.29 is 14.6 Å². The molecule has 0 saturated carbocycles. The highest BCUT2D eigenvalue weighted by Gasteiger charge is 2.33. The summed E-state index contributed by atoms with van der Waals surface area (Å²) in [4.78, 5) is 18.6. The Morgan fingerprint density at radius 2 is 2.29 bits per heavy atom. The van der Waals surface area contributed by atoms with Crippen molar-refractivity contribution >= 4 is 5.91 Å². The summed E-state index contributed by atoms with van der Waals surface area (Å²) in [6.45, 7) is 7.24. The van der Waals surface area contributed by atoms with Crippen LogP contribution in [0.15, 0.2) is 18.2 Å². The molecule has 0 aromatic carbocycles. The summed E-state index contributed by atoms with van der Waals surface area (Å²) in [6, 6.07) is 5.25. The van der Waals surface area contributed by atoms with Gasteiger partial charge >= 0.3 is 0 Å². The lowest BCUT2D eigenvalue weighted by atomic mass is 9.82. The first-order valence-electron chi connectivity index (χ1n) is 7.47. The van der Waals surface area contributed by atoms with Crippen LogP contribution in [0.3, 0.4) is 0 Å². The Kier molecular flexibility index (Phi) is 4.83. The summed E-state index contributed by atoms with van der Waals surface area (Å²) in [7, 11) is 0. The SMILES string of the molecule is CC(C)Oc1cccc(C(=O)N2CCCC(C)(CO)C2)n1. The number of rotatable bonds is 4. The van der Waals surface area contributed by atoms with Crippen LogP contribution in [0.5, 0.6) is 5.88 Å². The van der Waals surface area contributed by atoms with Gasteiger partial charge in [0.05, 0.1) is 12.7 Å². The van der Waals surface area contributed by atoms with E-state index in [1.165, 1.54) is 0 Å². The molecule has 21 heavy (non-hydrogen) atoms. The Hall–Kier alpha value is -1.62. The summed E-state index contributed by atoms with van der Waals surface area (Å²) in [5, 5.41) is 9.49. The Morgan fingerprint density at radius 3 is 2.95 bits per heavy atom. The van der Waals surface area contributed by atoms with Crippen molar-refractivity contribution in [3.63, 3.8) is 0 Å². The Bertz CT molecular complexity index is 504. The number of carbonyl (C=O) groups excluding carboxylic acids is 1. The second kappa shape index (κ2) is 6.43. The number of pyridine rings is 1. The number of likely N-dealkylation sites (tertiary alicyclic amines) is 1. The maximum atomic E-state index is 12.6. The third-order valence-electron chi connectivity index (χ3n) is 3.75. The molecule has 2 rings (SSSR count). The van der Waals surface area contributed by atoms with Crippen LogP contribution in [-0.2, 0) is 0 Å². The molecule has 1 N–H and O–H groups in total. The van der Waals surface area contributed by atoms with Gasteiger partial charge in [-0.15, -0.1) is 0 Å². The Balaban J connectivity index is 2.12. The van der Waals surface area contributed by atoms with Gasteiger partial charge in [0.1, 0.15) is 5.69 Å². The average molecular weight is 292 g/mol. The van der Waals surface area contributed by atoms with Crippen molar-refractivity contribution in [1.82, 2.24) is 9.88 Å². The van der Waals surface area contributed by atoms with Crippen LogP contribution in [-0.4, -0.2) is 46.7 Å². The zero-order valence-electron chi connectivity index (χ0n) is 13.0. The molecular formula is C16H24N2O3. The third kappa shape index (κ3) is 3.94. The first-order chi connectivity index (χ1) is 9.93. The van der Waals surface area contributed by atoms with Gasteiger partial charge in [-0.2, -0.15) is 0 Å². The van der Waals surface area contributed by atoms with Crippen molar-refractivity contribution in [3.05, 3.63) is 23.9 Å². The molecule has 1 aromatic heterocycles. The van der Waals surface area contributed by atoms with Gasteiger partial charge in [-0.3, -0.25) is 4.79 Å². The fourth-order valence-electron chi connectivity index (χ4n) is 2.62. The fraction of sp³-hybridized carbons (Fsp3) is 0.625. The minimum Gasteiger partial charge on any atom is -0.475 e. The molecule has 0 radical (unpaired) electrons. The predicted octanol–water partition coefficient (Wildman–Crippen LogP) is 2.10. The lowest BCUT2D eigenvalue weighted by Crippen LogP contribution is -2.46. The second-order valence-electron chi connectivity index (χ2n) is 6.33. The van der Waals surface area contributed by atoms with E-state index in [1.807, 2.05) is 20.8 Å². The first kappa shape index (κ1) is 15.8. The molecule has 1 atom stereocenters. The number of aliphatic hydroxyl groups is 1. The Labute approximate surface area is 125 Å². The number of hydrogen-bond donors (Lipinski definition) is 1. The molecule has 1 aliphatic heterocycles. The standard InChI is InChI=1S/C16H24N2O3/c1-12(2)21-14-7-4-6-13(17-14)15(20)18-9-5-8-16(3,10-18)11-19/h4,6-7,12,19H,5,8-11H2,1-3H3. The van der Waals surface area contributed by atoms with Crippen molar-refractivity contribution in [2.45, 2.75) is 39.7 Å². The van der Waals surface area contributed by atoms with Crippen LogP contribution in [0, 0.1) is 5.41 Å². The second-order valence-corrected chi connectivity index (χ2v) is 6.33. The number of nitrogens with zero attached hydrogens (tertiary/aromatic N) is 2. The molecule has 1 saturated heterocycles. The number of ether oxygens (including phenoxy) is 1. The van der Waals surface area contributed by atoms with Crippen LogP contribution < -0.4 is 4.74 Å². The maximum Gasteiger partial charge on any atom is 0.272 e. The monoisotopic (exact) mass is 292 g/mol. The summed E-state index contributed by atoms with van der Waals surface area (Å²) < 4.78 is 5.53. The van der Waals surface area contributed by atoms with Gasteiger partial charge in [0.15, 0.2) is 0 Å². The lowest BCUT2D eigenvalue weighted by Gasteiger charge is -2.39. The molecule has 0 aliphatic carbocycles. The molecular weight excluding hydrogens is 268 g/mol. The van der Waals surface area contributed by atoms with E-state index >= 15 is 0 Å². The van der Waals surface area contributed by atoms with E-state index in [2.05, 4.69) is 4.98 Å². The van der Waals surface area contributed by atoms with E-state index in [4.69, 9.17) is 4.74 Å². The van der Waals surface area contributed by atoms with Gasteiger partial charge in [-0.05, 0) is 32.8 Å². The molecule has 1 aromatic rings. The molecule has 1 amide bonds. The van der Waals surface area contributed by atoms with Crippen molar-refractivity contribution in [1.29, 1.82) is 0 Å². The summed E-state index contributed by atoms with van der Waals surface area (Å²) in [5.41, 5.74) is 0.190. The molecule has 2 heterocycles. The van der Waals surface area contributed by atoms with Crippen LogP contribution >= 0.6 is 0 Å². The minimum atomic E-state index is -0.208. The van der Waals surface area contributed by atoms with Crippen molar-refractivity contribution in [2.75, 3.05) is 19.7 Å². The summed E-state index contributed by atoms with van der Waals surface area (Å²) in [5.74, 6) is 0.376. The average Bonchev–Trinajstić information content (AvgIpc) is 2.46. The van der Waals surface area contributed by atoms with E-state index in [0.29, 0.717) is 24.7 Å². The van der Waals surface area contributed by atoms with Crippen LogP contribution in [0.25, 0.3) is 0 Å². The first-order valence-corrected chi connectivity index (χ1v) is 7.47. The molecule has 5 heteroatoms. The summed E-state index contributed by atoms with van der Waals surface area (Å²) >= 11 is 0. The molecule has 0 bridgehead atoms. The topological polar surface area (TPSA) is 62.7 Å². The zero-order chi connectivity index (χ0) is 15.5. The van der Waals surface area contributed by atoms with Crippen LogP contribution in [0.2, 0.25) is 0 Å². The van der Waals surface area contributed by atoms with E-state index < -0.39 is 0 Å². The molecule has 0 spiro atoms. The summed E-state index contributed by atoms with van der Waals surface area (Å²) in [6.07, 6.45) is 1.87. The van der Waals surface area contributed by atoms with Gasteiger partial charge in [-0.25, -0.2) is 4.98 Å². The number of aromatic nitrogens is 1. The highest BCUT2D eigenvalue weighted by Crippen LogP contribution is 2.29. The number of piperidine rings is 1. The lowest BCUT2D eigenvalue weighted by molar-refractivity contribution is 0.0352. The Morgan fingerprint density at radius 1 is 1.52 bits per heavy atom. The fourth-order valence-corrected chi connectivity index (χ4v) is 2.62. The molecule has 1 aliphatic rings. The van der Waals surface area contributed by atoms with Crippen molar-refractivity contribution in [3.8, 4) is 5.88 Å². The number of hydrogen-bond acceptors (Lipinski definition) is 4. The maximum absolute atomic E-state index is 12.6. The van der Waals surface area contributed by atoms with E-state index in [1.54, 1.807) is 23.1 Å². The van der Waals surface area contributed by atoms with Gasteiger partial charge in [-0.1, -0.05) is 13.0 Å². The number of aliphatic hydroxyl groups excluding tert-OH is 1. The van der Waals surface area contributed by atoms with E-state index in [0.717, 1.165) is 12.8 Å². The highest BCUT2D eigenvalue weighted by atomic mass is 16.5. The van der Waals surface area contributed by atoms with E-state index in [9.17, 15) is 9.90 Å². The molecule has 5 nitrogen and oxygen atoms in total. The number of amides is 1. The van der Waals surface area contributed by atoms with E-state index in [-0.39, 0.29) is 24.0 Å². The third-order valence-corrected chi connectivity index (χ3v) is 3.75.